The number of fused-ring (bicyclic) bond motifs is 1. The number of benzene rings is 1. The lowest BCUT2D eigenvalue weighted by atomic mass is 10.1. The van der Waals surface area contributed by atoms with Crippen molar-refractivity contribution >= 4 is 38.1 Å². The van der Waals surface area contributed by atoms with E-state index in [2.05, 4.69) is 9.82 Å². The van der Waals surface area contributed by atoms with Crippen molar-refractivity contribution in [2.45, 2.75) is 48.8 Å². The quantitative estimate of drug-likeness (QED) is 0.448. The first-order valence-corrected chi connectivity index (χ1v) is 14.0. The number of carbonyl (C=O) groups excluding carboxylic acids is 1. The van der Waals surface area contributed by atoms with Gasteiger partial charge >= 0.3 is 6.03 Å². The minimum absolute atomic E-state index is 0.00212. The zero-order valence-electron chi connectivity index (χ0n) is 21.0. The first kappa shape index (κ1) is 25.6. The molecule has 2 amide bonds. The number of aryl methyl sites for hydroxylation is 1. The molecule has 0 saturated heterocycles. The minimum Gasteiger partial charge on any atom is -0.375 e. The number of rotatable bonds is 8. The predicted molar refractivity (Wildman–Crippen MR) is 138 cm³/mol. The third-order valence-electron chi connectivity index (χ3n) is 6.60. The molecule has 0 radical (unpaired) electrons. The molecule has 0 spiro atoms. The normalized spacial score (nSPS) is 18.8. The van der Waals surface area contributed by atoms with E-state index in [1.165, 1.54) is 21.9 Å². The number of urea groups is 1. The van der Waals surface area contributed by atoms with Crippen LogP contribution in [0.4, 0.5) is 19.9 Å². The van der Waals surface area contributed by atoms with Crippen LogP contribution in [0.15, 0.2) is 40.9 Å². The number of anilines is 2. The van der Waals surface area contributed by atoms with Crippen LogP contribution in [0.1, 0.15) is 42.7 Å². The first-order chi connectivity index (χ1) is 17.4. The van der Waals surface area contributed by atoms with Crippen molar-refractivity contribution in [3.63, 3.8) is 0 Å². The fourth-order valence-corrected chi connectivity index (χ4v) is 7.26. The Morgan fingerprint density at radius 3 is 2.57 bits per heavy atom. The molecule has 1 unspecified atom stereocenters. The minimum atomic E-state index is -3.86. The molecule has 1 atom stereocenters. The van der Waals surface area contributed by atoms with Gasteiger partial charge in [0.2, 0.25) is 0 Å². The first-order valence-electron chi connectivity index (χ1n) is 11.7. The van der Waals surface area contributed by atoms with Gasteiger partial charge in [0.05, 0.1) is 25.0 Å². The molecule has 1 aliphatic carbocycles. The molecular weight excluding hydrogens is 519 g/mol. The van der Waals surface area contributed by atoms with Gasteiger partial charge in [0.15, 0.2) is 6.23 Å². The maximum Gasteiger partial charge on any atom is 0.328 e. The van der Waals surface area contributed by atoms with Crippen LogP contribution < -0.4 is 14.5 Å². The topological polar surface area (TPSA) is 111 Å². The number of halogens is 1. The van der Waals surface area contributed by atoms with Gasteiger partial charge in [-0.25, -0.2) is 22.3 Å². The van der Waals surface area contributed by atoms with Gasteiger partial charge in [0.1, 0.15) is 15.0 Å². The second kappa shape index (κ2) is 9.08. The molecule has 13 heteroatoms. The average molecular weight is 549 g/mol. The van der Waals surface area contributed by atoms with Crippen LogP contribution >= 0.6 is 11.3 Å². The predicted octanol–water partition coefficient (Wildman–Crippen LogP) is 3.15. The highest BCUT2D eigenvalue weighted by Gasteiger charge is 2.44. The molecule has 10 nitrogen and oxygen atoms in total. The summed E-state index contributed by atoms with van der Waals surface area (Å²) in [5.41, 5.74) is 1.47. The molecule has 3 aromatic rings. The molecule has 5 rings (SSSR count). The molecule has 1 fully saturated rings. The molecule has 3 heterocycles. The van der Waals surface area contributed by atoms with Crippen LogP contribution in [-0.4, -0.2) is 53.9 Å². The van der Waals surface area contributed by atoms with E-state index in [0.29, 0.717) is 27.4 Å². The van der Waals surface area contributed by atoms with Crippen molar-refractivity contribution in [1.82, 2.24) is 19.4 Å². The van der Waals surface area contributed by atoms with Crippen molar-refractivity contribution in [2.24, 2.45) is 7.05 Å². The second-order valence-corrected chi connectivity index (χ2v) is 13.0. The van der Waals surface area contributed by atoms with Crippen LogP contribution in [0, 0.1) is 5.82 Å². The Morgan fingerprint density at radius 2 is 1.97 bits per heavy atom. The summed E-state index contributed by atoms with van der Waals surface area (Å²) >= 11 is 0.920. The zero-order valence-corrected chi connectivity index (χ0v) is 22.6. The van der Waals surface area contributed by atoms with Gasteiger partial charge in [-0.15, -0.1) is 11.3 Å². The number of aromatic nitrogens is 2. The Labute approximate surface area is 219 Å². The second-order valence-electron chi connectivity index (χ2n) is 10.1. The lowest BCUT2D eigenvalue weighted by Crippen LogP contribution is -2.48. The summed E-state index contributed by atoms with van der Waals surface area (Å²) in [6, 6.07) is 5.62. The highest BCUT2D eigenvalue weighted by molar-refractivity contribution is 7.91. The number of amides is 2. The van der Waals surface area contributed by atoms with Crippen LogP contribution in [0.25, 0.3) is 0 Å². The van der Waals surface area contributed by atoms with Crippen LogP contribution in [-0.2, 0) is 30.2 Å². The van der Waals surface area contributed by atoms with Crippen molar-refractivity contribution in [3.8, 4) is 0 Å². The highest BCUT2D eigenvalue weighted by Crippen LogP contribution is 2.45. The molecule has 2 N–H and O–H groups in total. The van der Waals surface area contributed by atoms with Crippen LogP contribution in [0.3, 0.4) is 0 Å². The lowest BCUT2D eigenvalue weighted by molar-refractivity contribution is 0.0227. The van der Waals surface area contributed by atoms with E-state index in [4.69, 9.17) is 0 Å². The fourth-order valence-electron chi connectivity index (χ4n) is 4.32. The van der Waals surface area contributed by atoms with E-state index >= 15 is 0 Å². The molecule has 0 bridgehead atoms. The van der Waals surface area contributed by atoms with E-state index in [1.807, 2.05) is 6.92 Å². The molecule has 1 aliphatic heterocycles. The fraction of sp³-hybridized carbons (Fsp3) is 0.417. The summed E-state index contributed by atoms with van der Waals surface area (Å²) in [5, 5.41) is 15.6. The molecule has 2 aromatic heterocycles. The summed E-state index contributed by atoms with van der Waals surface area (Å²) in [4.78, 5) is 18.0. The van der Waals surface area contributed by atoms with Crippen LogP contribution in [0.5, 0.6) is 0 Å². The number of nitrogens with zero attached hydrogens (tertiary/aromatic N) is 5. The lowest BCUT2D eigenvalue weighted by Gasteiger charge is -2.38. The van der Waals surface area contributed by atoms with Crippen molar-refractivity contribution in [2.75, 3.05) is 23.9 Å². The maximum atomic E-state index is 14.7. The van der Waals surface area contributed by atoms with E-state index in [9.17, 15) is 22.7 Å². The number of aliphatic hydroxyl groups is 1. The Hall–Kier alpha value is -3.00. The Balaban J connectivity index is 1.54. The molecule has 198 valence electrons. The van der Waals surface area contributed by atoms with Gasteiger partial charge < -0.3 is 10.0 Å². The zero-order chi connectivity index (χ0) is 26.7. The molecular formula is C24H29FN6O4S2. The number of hydrogen-bond donors (Lipinski definition) is 2. The van der Waals surface area contributed by atoms with E-state index in [-0.39, 0.29) is 17.3 Å². The van der Waals surface area contributed by atoms with Crippen molar-refractivity contribution < 1.29 is 22.7 Å². The number of aliphatic hydroxyl groups excluding tert-OH is 1. The smallest absolute Gasteiger partial charge is 0.328 e. The van der Waals surface area contributed by atoms with E-state index in [1.54, 1.807) is 55.3 Å². The van der Waals surface area contributed by atoms with Gasteiger partial charge in [0, 0.05) is 44.0 Å². The summed E-state index contributed by atoms with van der Waals surface area (Å²) in [6.45, 7) is 1.90. The summed E-state index contributed by atoms with van der Waals surface area (Å²) < 4.78 is 45.3. The Bertz CT molecular complexity index is 1460. The third kappa shape index (κ3) is 4.96. The van der Waals surface area contributed by atoms with Gasteiger partial charge in [-0.3, -0.25) is 14.5 Å². The van der Waals surface area contributed by atoms with Crippen LogP contribution in [0.2, 0.25) is 0 Å². The van der Waals surface area contributed by atoms with Gasteiger partial charge in [-0.2, -0.15) is 5.10 Å². The number of nitrogens with one attached hydrogen (secondary N) is 1. The van der Waals surface area contributed by atoms with Crippen molar-refractivity contribution in [3.05, 3.63) is 59.2 Å². The molecule has 1 saturated carbocycles. The monoisotopic (exact) mass is 548 g/mol. The number of thiophene rings is 1. The SMILES string of the molecule is CN(C)c1ccc(CN2C(=O)N(Cc3cnn(C)c3)C(O)c3cc(S(=O)(=O)NC4(C)CC4)sc32)cc1F. The number of sulfonamides is 1. The largest absolute Gasteiger partial charge is 0.375 e. The summed E-state index contributed by atoms with van der Waals surface area (Å²) in [6.07, 6.45) is 3.47. The number of hydrogen-bond acceptors (Lipinski definition) is 7. The molecule has 1 aromatic carbocycles. The maximum absolute atomic E-state index is 14.7. The molecule has 2 aliphatic rings. The third-order valence-corrected chi connectivity index (χ3v) is 9.89. The van der Waals surface area contributed by atoms with E-state index < -0.39 is 33.6 Å². The van der Waals surface area contributed by atoms with Crippen molar-refractivity contribution in [1.29, 1.82) is 0 Å². The van der Waals surface area contributed by atoms with E-state index in [0.717, 1.165) is 24.2 Å². The Kier molecular flexibility index (Phi) is 6.29. The molecule has 37 heavy (non-hydrogen) atoms. The average Bonchev–Trinajstić information content (AvgIpc) is 3.19. The highest BCUT2D eigenvalue weighted by atomic mass is 32.2. The Morgan fingerprint density at radius 1 is 1.24 bits per heavy atom. The van der Waals surface area contributed by atoms with Gasteiger partial charge in [-0.05, 0) is 43.5 Å². The number of carbonyl (C=O) groups is 1. The summed E-state index contributed by atoms with van der Waals surface area (Å²) in [5.74, 6) is -0.434. The standard InChI is InChI=1S/C24H29FN6O4S2/c1-24(7-8-24)27-37(34,35)20-10-17-21(32)30(14-16-11-26-29(4)12-16)23(33)31(22(17)36-20)13-15-5-6-19(28(2)3)18(25)9-15/h5-6,9-12,21,27,32H,7-8,13-14H2,1-4H3. The van der Waals surface area contributed by atoms with Gasteiger partial charge in [0.25, 0.3) is 10.0 Å². The summed E-state index contributed by atoms with van der Waals surface area (Å²) in [7, 11) is 1.36. The van der Waals surface area contributed by atoms with Gasteiger partial charge in [-0.1, -0.05) is 6.07 Å².